The van der Waals surface area contributed by atoms with Crippen LogP contribution in [0.5, 0.6) is 0 Å². The Kier molecular flexibility index (Phi) is 7.19. The number of ether oxygens (including phenoxy) is 1. The second kappa shape index (κ2) is 8.17. The first kappa shape index (κ1) is 18.5. The van der Waals surface area contributed by atoms with Crippen molar-refractivity contribution in [3.8, 4) is 0 Å². The Bertz CT molecular complexity index is 326. The van der Waals surface area contributed by atoms with Gasteiger partial charge >= 0.3 is 5.97 Å². The number of carbonyl (C=O) groups is 1. The fourth-order valence-electron chi connectivity index (χ4n) is 4.06. The second-order valence-electron chi connectivity index (χ2n) is 7.18. The van der Waals surface area contributed by atoms with Crippen molar-refractivity contribution in [2.75, 3.05) is 6.61 Å². The molecule has 0 bridgehead atoms. The molecule has 1 rings (SSSR count). The van der Waals surface area contributed by atoms with Crippen LogP contribution in [0.4, 0.5) is 0 Å². The zero-order valence-corrected chi connectivity index (χ0v) is 14.5. The van der Waals surface area contributed by atoms with Gasteiger partial charge in [0.1, 0.15) is 0 Å². The van der Waals surface area contributed by atoms with Crippen LogP contribution in [0, 0.1) is 23.7 Å². The van der Waals surface area contributed by atoms with Crippen molar-refractivity contribution in [3.63, 3.8) is 0 Å². The molecule has 0 radical (unpaired) electrons. The van der Waals surface area contributed by atoms with Crippen molar-refractivity contribution in [1.29, 1.82) is 0 Å². The fourth-order valence-corrected chi connectivity index (χ4v) is 4.06. The summed E-state index contributed by atoms with van der Waals surface area (Å²) < 4.78 is 5.28. The molecule has 1 saturated carbocycles. The summed E-state index contributed by atoms with van der Waals surface area (Å²) in [4.78, 5) is 12.4. The van der Waals surface area contributed by atoms with Crippen molar-refractivity contribution < 1.29 is 14.6 Å². The zero-order valence-electron chi connectivity index (χ0n) is 14.5. The molecule has 0 heterocycles. The maximum Gasteiger partial charge on any atom is 0.311 e. The molecule has 0 aliphatic heterocycles. The van der Waals surface area contributed by atoms with Gasteiger partial charge in [-0.2, -0.15) is 0 Å². The van der Waals surface area contributed by atoms with Crippen LogP contribution in [0.2, 0.25) is 0 Å². The van der Waals surface area contributed by atoms with Crippen LogP contribution >= 0.6 is 0 Å². The number of unbranched alkanes of at least 4 members (excludes halogenated alkanes) is 1. The van der Waals surface area contributed by atoms with Gasteiger partial charge in [0.15, 0.2) is 0 Å². The second-order valence-corrected chi connectivity index (χ2v) is 7.18. The van der Waals surface area contributed by atoms with E-state index in [2.05, 4.69) is 27.7 Å². The molecule has 1 aliphatic rings. The van der Waals surface area contributed by atoms with Gasteiger partial charge in [-0.3, -0.25) is 4.79 Å². The smallest absolute Gasteiger partial charge is 0.311 e. The molecule has 1 N–H and O–H groups in total. The zero-order chi connectivity index (χ0) is 16.0. The lowest BCUT2D eigenvalue weighted by Crippen LogP contribution is -2.53. The van der Waals surface area contributed by atoms with E-state index in [0.29, 0.717) is 18.4 Å². The minimum atomic E-state index is -0.896. The van der Waals surface area contributed by atoms with Crippen LogP contribution in [-0.4, -0.2) is 23.3 Å². The van der Waals surface area contributed by atoms with Gasteiger partial charge in [-0.05, 0) is 43.9 Å². The van der Waals surface area contributed by atoms with E-state index in [1.807, 2.05) is 6.92 Å². The predicted molar refractivity (Wildman–Crippen MR) is 85.9 cm³/mol. The molecule has 3 nitrogen and oxygen atoms in total. The lowest BCUT2D eigenvalue weighted by molar-refractivity contribution is -0.174. The highest BCUT2D eigenvalue weighted by molar-refractivity contribution is 5.74. The Morgan fingerprint density at radius 2 is 2.00 bits per heavy atom. The highest BCUT2D eigenvalue weighted by atomic mass is 16.5. The van der Waals surface area contributed by atoms with Gasteiger partial charge < -0.3 is 9.84 Å². The summed E-state index contributed by atoms with van der Waals surface area (Å²) in [6.45, 7) is 10.8. The molecule has 0 amide bonds. The van der Waals surface area contributed by atoms with E-state index in [1.165, 1.54) is 0 Å². The Morgan fingerprint density at radius 3 is 2.52 bits per heavy atom. The lowest BCUT2D eigenvalue weighted by Gasteiger charge is -2.48. The molecule has 0 aromatic heterocycles. The topological polar surface area (TPSA) is 46.5 Å². The van der Waals surface area contributed by atoms with Crippen molar-refractivity contribution in [2.24, 2.45) is 23.7 Å². The Morgan fingerprint density at radius 1 is 1.33 bits per heavy atom. The molecule has 4 unspecified atom stereocenters. The van der Waals surface area contributed by atoms with Crippen LogP contribution in [0.15, 0.2) is 0 Å². The maximum atomic E-state index is 12.4. The Labute approximate surface area is 130 Å². The fraction of sp³-hybridized carbons (Fsp3) is 0.944. The number of esters is 1. The molecule has 21 heavy (non-hydrogen) atoms. The standard InChI is InChI=1S/C18H34O3/c1-6-8-9-16(17(19)21-7-2)18(20)12-14(5)10-11-15(18)13(3)4/h13-16,20H,6-12H2,1-5H3. The maximum absolute atomic E-state index is 12.4. The summed E-state index contributed by atoms with van der Waals surface area (Å²) in [5, 5.41) is 11.5. The van der Waals surface area contributed by atoms with Gasteiger partial charge in [-0.25, -0.2) is 0 Å². The molecular weight excluding hydrogens is 264 g/mol. The molecule has 0 saturated heterocycles. The third kappa shape index (κ3) is 4.45. The summed E-state index contributed by atoms with van der Waals surface area (Å²) in [5.41, 5.74) is -0.896. The molecule has 3 heteroatoms. The first-order chi connectivity index (χ1) is 9.86. The summed E-state index contributed by atoms with van der Waals surface area (Å²) in [7, 11) is 0. The summed E-state index contributed by atoms with van der Waals surface area (Å²) >= 11 is 0. The number of rotatable bonds is 7. The van der Waals surface area contributed by atoms with E-state index in [-0.39, 0.29) is 17.8 Å². The summed E-state index contributed by atoms with van der Waals surface area (Å²) in [6, 6.07) is 0. The van der Waals surface area contributed by atoms with Gasteiger partial charge in [0, 0.05) is 0 Å². The highest BCUT2D eigenvalue weighted by Crippen LogP contribution is 2.46. The normalized spacial score (nSPS) is 31.2. The minimum Gasteiger partial charge on any atom is -0.466 e. The van der Waals surface area contributed by atoms with Crippen molar-refractivity contribution in [1.82, 2.24) is 0 Å². The molecule has 0 aromatic rings. The summed E-state index contributed by atoms with van der Waals surface area (Å²) in [6.07, 6.45) is 5.62. The molecule has 4 atom stereocenters. The third-order valence-corrected chi connectivity index (χ3v) is 5.11. The first-order valence-corrected chi connectivity index (χ1v) is 8.75. The van der Waals surface area contributed by atoms with Crippen LogP contribution in [0.25, 0.3) is 0 Å². The number of hydrogen-bond donors (Lipinski definition) is 1. The number of hydrogen-bond acceptors (Lipinski definition) is 3. The lowest BCUT2D eigenvalue weighted by atomic mass is 9.61. The van der Waals surface area contributed by atoms with E-state index in [9.17, 15) is 9.90 Å². The molecule has 124 valence electrons. The SMILES string of the molecule is CCCCC(C(=O)OCC)C1(O)CC(C)CCC1C(C)C. The van der Waals surface area contributed by atoms with Crippen molar-refractivity contribution >= 4 is 5.97 Å². The van der Waals surface area contributed by atoms with E-state index < -0.39 is 5.60 Å². The summed E-state index contributed by atoms with van der Waals surface area (Å²) in [5.74, 6) is 0.491. The van der Waals surface area contributed by atoms with Crippen molar-refractivity contribution in [2.45, 2.75) is 78.7 Å². The number of aliphatic hydroxyl groups is 1. The van der Waals surface area contributed by atoms with E-state index in [4.69, 9.17) is 4.74 Å². The first-order valence-electron chi connectivity index (χ1n) is 8.75. The van der Waals surface area contributed by atoms with Crippen molar-refractivity contribution in [3.05, 3.63) is 0 Å². The quantitative estimate of drug-likeness (QED) is 0.717. The predicted octanol–water partition coefficient (Wildman–Crippen LogP) is 4.18. The van der Waals surface area contributed by atoms with Crippen LogP contribution in [0.1, 0.15) is 73.1 Å². The monoisotopic (exact) mass is 298 g/mol. The Balaban J connectivity index is 3.04. The Hall–Kier alpha value is -0.570. The van der Waals surface area contributed by atoms with Gasteiger partial charge in [0.25, 0.3) is 0 Å². The average molecular weight is 298 g/mol. The molecule has 1 aliphatic carbocycles. The van der Waals surface area contributed by atoms with Crippen LogP contribution in [-0.2, 0) is 9.53 Å². The van der Waals surface area contributed by atoms with Gasteiger partial charge in [-0.15, -0.1) is 0 Å². The average Bonchev–Trinajstić information content (AvgIpc) is 2.38. The number of carbonyl (C=O) groups excluding carboxylic acids is 1. The molecule has 0 aromatic carbocycles. The largest absolute Gasteiger partial charge is 0.466 e. The molecule has 1 fully saturated rings. The minimum absolute atomic E-state index is 0.194. The third-order valence-electron chi connectivity index (χ3n) is 5.11. The van der Waals surface area contributed by atoms with E-state index in [0.717, 1.165) is 38.5 Å². The van der Waals surface area contributed by atoms with E-state index >= 15 is 0 Å². The molecule has 0 spiro atoms. The van der Waals surface area contributed by atoms with Gasteiger partial charge in [0.05, 0.1) is 18.1 Å². The van der Waals surface area contributed by atoms with Crippen LogP contribution in [0.3, 0.4) is 0 Å². The van der Waals surface area contributed by atoms with E-state index in [1.54, 1.807) is 0 Å². The van der Waals surface area contributed by atoms with Gasteiger partial charge in [-0.1, -0.05) is 47.0 Å². The van der Waals surface area contributed by atoms with Gasteiger partial charge in [0.2, 0.25) is 0 Å². The molecular formula is C18H34O3. The van der Waals surface area contributed by atoms with Crippen LogP contribution < -0.4 is 0 Å². The highest BCUT2D eigenvalue weighted by Gasteiger charge is 2.50.